The summed E-state index contributed by atoms with van der Waals surface area (Å²) in [6.45, 7) is 2.11. The second kappa shape index (κ2) is 6.50. The minimum absolute atomic E-state index is 0.266. The summed E-state index contributed by atoms with van der Waals surface area (Å²) in [7, 11) is 0. The Morgan fingerprint density at radius 3 is 2.83 bits per heavy atom. The molecule has 1 nitrogen and oxygen atoms in total. The number of ketones is 1. The number of thiophene rings is 1. The summed E-state index contributed by atoms with van der Waals surface area (Å²) in [5, 5.41) is 2.09. The van der Waals surface area contributed by atoms with Gasteiger partial charge in [0.05, 0.1) is 0 Å². The minimum atomic E-state index is 0.266. The number of Topliss-reactive ketones (excluding diaryl/α,β-unsaturated/α-hetero) is 1. The lowest BCUT2D eigenvalue weighted by molar-refractivity contribution is 0.0980. The Hall–Kier alpha value is -1.41. The molecule has 0 saturated heterocycles. The van der Waals surface area contributed by atoms with Gasteiger partial charge in [-0.15, -0.1) is 11.3 Å². The third-order valence-electron chi connectivity index (χ3n) is 3.06. The zero-order chi connectivity index (χ0) is 12.8. The molecule has 0 spiro atoms. The van der Waals surface area contributed by atoms with E-state index in [0.717, 1.165) is 24.8 Å². The Morgan fingerprint density at radius 1 is 1.22 bits per heavy atom. The fourth-order valence-electron chi connectivity index (χ4n) is 1.99. The largest absolute Gasteiger partial charge is 0.294 e. The molecule has 0 bridgehead atoms. The number of benzene rings is 1. The summed E-state index contributed by atoms with van der Waals surface area (Å²) >= 11 is 1.77. The molecule has 18 heavy (non-hydrogen) atoms. The van der Waals surface area contributed by atoms with Crippen molar-refractivity contribution in [3.63, 3.8) is 0 Å². The van der Waals surface area contributed by atoms with Gasteiger partial charge in [0.15, 0.2) is 5.78 Å². The first-order chi connectivity index (χ1) is 8.79. The van der Waals surface area contributed by atoms with E-state index in [1.54, 1.807) is 11.3 Å². The molecule has 0 aliphatic rings. The van der Waals surface area contributed by atoms with Gasteiger partial charge in [-0.1, -0.05) is 31.2 Å². The zero-order valence-corrected chi connectivity index (χ0v) is 11.5. The van der Waals surface area contributed by atoms with Gasteiger partial charge < -0.3 is 0 Å². The van der Waals surface area contributed by atoms with Crippen molar-refractivity contribution in [3.8, 4) is 0 Å². The second-order valence-electron chi connectivity index (χ2n) is 4.41. The first-order valence-corrected chi connectivity index (χ1v) is 7.32. The average molecular weight is 258 g/mol. The Morgan fingerprint density at radius 2 is 2.11 bits per heavy atom. The number of carbonyl (C=O) groups excluding carboxylic acids is 1. The normalized spacial score (nSPS) is 10.5. The van der Waals surface area contributed by atoms with Crippen LogP contribution in [0.5, 0.6) is 0 Å². The number of rotatable bonds is 6. The van der Waals surface area contributed by atoms with E-state index < -0.39 is 0 Å². The van der Waals surface area contributed by atoms with E-state index in [1.165, 1.54) is 10.4 Å². The summed E-state index contributed by atoms with van der Waals surface area (Å²) in [5.74, 6) is 0.266. The molecule has 2 rings (SSSR count). The molecule has 94 valence electrons. The van der Waals surface area contributed by atoms with E-state index in [0.29, 0.717) is 6.42 Å². The van der Waals surface area contributed by atoms with E-state index in [9.17, 15) is 4.79 Å². The van der Waals surface area contributed by atoms with Crippen molar-refractivity contribution in [2.75, 3.05) is 0 Å². The molecule has 1 heterocycles. The molecule has 0 aliphatic heterocycles. The molecule has 0 unspecified atom stereocenters. The van der Waals surface area contributed by atoms with Crippen molar-refractivity contribution in [1.29, 1.82) is 0 Å². The SMILES string of the molecule is CCc1cccc(C(=O)CCCc2cccs2)c1. The Balaban J connectivity index is 1.87. The highest BCUT2D eigenvalue weighted by atomic mass is 32.1. The summed E-state index contributed by atoms with van der Waals surface area (Å²) in [6, 6.07) is 12.2. The van der Waals surface area contributed by atoms with Crippen LogP contribution in [0.4, 0.5) is 0 Å². The number of carbonyl (C=O) groups is 1. The van der Waals surface area contributed by atoms with Crippen LogP contribution in [-0.2, 0) is 12.8 Å². The van der Waals surface area contributed by atoms with Gasteiger partial charge in [0.2, 0.25) is 0 Å². The van der Waals surface area contributed by atoms with Gasteiger partial charge in [-0.2, -0.15) is 0 Å². The maximum atomic E-state index is 12.0. The van der Waals surface area contributed by atoms with Crippen LogP contribution in [0.2, 0.25) is 0 Å². The molecule has 0 atom stereocenters. The Labute approximate surface area is 112 Å². The molecule has 0 saturated carbocycles. The van der Waals surface area contributed by atoms with Gasteiger partial charge in [-0.3, -0.25) is 4.79 Å². The first kappa shape index (κ1) is 13.0. The van der Waals surface area contributed by atoms with Gasteiger partial charge in [0.1, 0.15) is 0 Å². The van der Waals surface area contributed by atoms with Crippen LogP contribution in [0.15, 0.2) is 41.8 Å². The van der Waals surface area contributed by atoms with Crippen molar-refractivity contribution in [2.45, 2.75) is 32.6 Å². The van der Waals surface area contributed by atoms with Gasteiger partial charge in [0, 0.05) is 16.9 Å². The van der Waals surface area contributed by atoms with Crippen LogP contribution in [0.25, 0.3) is 0 Å². The molecular formula is C16H18OS. The Kier molecular flexibility index (Phi) is 4.71. The Bertz CT molecular complexity index is 500. The predicted octanol–water partition coefficient (Wildman–Crippen LogP) is 4.52. The standard InChI is InChI=1S/C16H18OS/c1-2-13-6-3-7-14(12-13)16(17)10-4-8-15-9-5-11-18-15/h3,5-7,9,11-12H,2,4,8,10H2,1H3. The van der Waals surface area contributed by atoms with E-state index in [1.807, 2.05) is 18.2 Å². The zero-order valence-electron chi connectivity index (χ0n) is 10.7. The van der Waals surface area contributed by atoms with E-state index in [-0.39, 0.29) is 5.78 Å². The highest BCUT2D eigenvalue weighted by Gasteiger charge is 2.06. The highest BCUT2D eigenvalue weighted by Crippen LogP contribution is 2.14. The second-order valence-corrected chi connectivity index (χ2v) is 5.44. The van der Waals surface area contributed by atoms with Gasteiger partial charge >= 0.3 is 0 Å². The van der Waals surface area contributed by atoms with Crippen LogP contribution in [0.3, 0.4) is 0 Å². The molecule has 1 aromatic heterocycles. The fourth-order valence-corrected chi connectivity index (χ4v) is 2.74. The van der Waals surface area contributed by atoms with E-state index in [2.05, 4.69) is 30.5 Å². The third kappa shape index (κ3) is 3.54. The third-order valence-corrected chi connectivity index (χ3v) is 4.00. The van der Waals surface area contributed by atoms with E-state index in [4.69, 9.17) is 0 Å². The van der Waals surface area contributed by atoms with E-state index >= 15 is 0 Å². The molecule has 2 heteroatoms. The lowest BCUT2D eigenvalue weighted by atomic mass is 10.0. The topological polar surface area (TPSA) is 17.1 Å². The van der Waals surface area contributed by atoms with Crippen molar-refractivity contribution >= 4 is 17.1 Å². The summed E-state index contributed by atoms with van der Waals surface area (Å²) in [4.78, 5) is 13.4. The molecule has 2 aromatic rings. The van der Waals surface area contributed by atoms with Crippen molar-refractivity contribution < 1.29 is 4.79 Å². The minimum Gasteiger partial charge on any atom is -0.294 e. The summed E-state index contributed by atoms with van der Waals surface area (Å²) in [6.07, 6.45) is 3.58. The van der Waals surface area contributed by atoms with Crippen molar-refractivity contribution in [1.82, 2.24) is 0 Å². The summed E-state index contributed by atoms with van der Waals surface area (Å²) in [5.41, 5.74) is 2.10. The lowest BCUT2D eigenvalue weighted by Gasteiger charge is -2.03. The first-order valence-electron chi connectivity index (χ1n) is 6.44. The lowest BCUT2D eigenvalue weighted by Crippen LogP contribution is -2.00. The average Bonchev–Trinajstić information content (AvgIpc) is 2.92. The number of hydrogen-bond donors (Lipinski definition) is 0. The van der Waals surface area contributed by atoms with Crippen LogP contribution in [0, 0.1) is 0 Å². The molecule has 0 fully saturated rings. The van der Waals surface area contributed by atoms with Crippen LogP contribution in [-0.4, -0.2) is 5.78 Å². The molecule has 0 N–H and O–H groups in total. The fraction of sp³-hybridized carbons (Fsp3) is 0.312. The quantitative estimate of drug-likeness (QED) is 0.696. The summed E-state index contributed by atoms with van der Waals surface area (Å²) < 4.78 is 0. The number of aryl methyl sites for hydroxylation is 2. The molecule has 0 radical (unpaired) electrons. The maximum Gasteiger partial charge on any atom is 0.162 e. The molecular weight excluding hydrogens is 240 g/mol. The van der Waals surface area contributed by atoms with Crippen molar-refractivity contribution in [2.24, 2.45) is 0 Å². The van der Waals surface area contributed by atoms with Gasteiger partial charge in [0.25, 0.3) is 0 Å². The van der Waals surface area contributed by atoms with Gasteiger partial charge in [-0.25, -0.2) is 0 Å². The predicted molar refractivity (Wildman–Crippen MR) is 77.4 cm³/mol. The van der Waals surface area contributed by atoms with Gasteiger partial charge in [-0.05, 0) is 42.3 Å². The van der Waals surface area contributed by atoms with Crippen molar-refractivity contribution in [3.05, 3.63) is 57.8 Å². The van der Waals surface area contributed by atoms with Crippen LogP contribution < -0.4 is 0 Å². The molecule has 0 aliphatic carbocycles. The van der Waals surface area contributed by atoms with Crippen LogP contribution >= 0.6 is 11.3 Å². The maximum absolute atomic E-state index is 12.0. The molecule has 0 amide bonds. The monoisotopic (exact) mass is 258 g/mol. The highest BCUT2D eigenvalue weighted by molar-refractivity contribution is 7.09. The number of hydrogen-bond acceptors (Lipinski definition) is 2. The smallest absolute Gasteiger partial charge is 0.162 e. The molecule has 1 aromatic carbocycles. The van der Waals surface area contributed by atoms with Crippen LogP contribution in [0.1, 0.15) is 40.6 Å².